The Morgan fingerprint density at radius 2 is 1.53 bits per heavy atom. The highest BCUT2D eigenvalue weighted by molar-refractivity contribution is 7.89. The molecule has 0 unspecified atom stereocenters. The molecule has 0 saturated carbocycles. The number of benzene rings is 2. The van der Waals surface area contributed by atoms with E-state index in [1.54, 1.807) is 42.7 Å². The van der Waals surface area contributed by atoms with Crippen LogP contribution in [0.1, 0.15) is 11.1 Å². The van der Waals surface area contributed by atoms with Gasteiger partial charge in [0.1, 0.15) is 0 Å². The summed E-state index contributed by atoms with van der Waals surface area (Å²) >= 11 is 17.2. The molecule has 3 rings (SSSR count). The molecule has 0 amide bonds. The zero-order valence-electron chi connectivity index (χ0n) is 15.6. The first kappa shape index (κ1) is 22.5. The molecule has 3 aromatic rings. The lowest BCUT2D eigenvalue weighted by Gasteiger charge is -2.12. The van der Waals surface area contributed by atoms with Crippen LogP contribution in [-0.4, -0.2) is 18.5 Å². The van der Waals surface area contributed by atoms with E-state index in [1.807, 2.05) is 12.1 Å². The van der Waals surface area contributed by atoms with Crippen molar-refractivity contribution in [3.63, 3.8) is 0 Å². The normalized spacial score (nSPS) is 11.1. The second-order valence-corrected chi connectivity index (χ2v) is 9.34. The average Bonchev–Trinajstić information content (AvgIpc) is 2.71. The molecule has 0 bridgehead atoms. The Morgan fingerprint density at radius 3 is 2.17 bits per heavy atom. The lowest BCUT2D eigenvalue weighted by Crippen LogP contribution is -2.28. The molecular formula is C20H18Cl2N4O2S2. The van der Waals surface area contributed by atoms with E-state index in [0.29, 0.717) is 33.0 Å². The summed E-state index contributed by atoms with van der Waals surface area (Å²) in [6.45, 7) is 0.629. The summed E-state index contributed by atoms with van der Waals surface area (Å²) in [4.78, 5) is 4.10. The fraction of sp³-hybridized carbons (Fsp3) is 0.100. The zero-order valence-corrected chi connectivity index (χ0v) is 18.7. The number of halogens is 2. The van der Waals surface area contributed by atoms with Crippen LogP contribution in [0, 0.1) is 0 Å². The van der Waals surface area contributed by atoms with Crippen molar-refractivity contribution >= 4 is 56.2 Å². The van der Waals surface area contributed by atoms with Crippen LogP contribution < -0.4 is 15.4 Å². The van der Waals surface area contributed by atoms with E-state index < -0.39 is 10.0 Å². The predicted octanol–water partition coefficient (Wildman–Crippen LogP) is 4.35. The summed E-state index contributed by atoms with van der Waals surface area (Å²) in [6.07, 6.45) is 3.42. The van der Waals surface area contributed by atoms with Gasteiger partial charge in [0.2, 0.25) is 10.0 Å². The molecule has 0 aliphatic heterocycles. The van der Waals surface area contributed by atoms with Crippen molar-refractivity contribution in [1.29, 1.82) is 0 Å². The quantitative estimate of drug-likeness (QED) is 0.436. The van der Waals surface area contributed by atoms with Gasteiger partial charge in [0, 0.05) is 41.2 Å². The van der Waals surface area contributed by atoms with Crippen molar-refractivity contribution in [3.05, 3.63) is 88.2 Å². The Bertz CT molecular complexity index is 1110. The molecule has 0 saturated heterocycles. The van der Waals surface area contributed by atoms with Gasteiger partial charge in [-0.3, -0.25) is 4.98 Å². The molecule has 1 heterocycles. The topological polar surface area (TPSA) is 83.1 Å². The second-order valence-electron chi connectivity index (χ2n) is 6.29. The van der Waals surface area contributed by atoms with Gasteiger partial charge >= 0.3 is 0 Å². The Balaban J connectivity index is 1.56. The molecule has 6 nitrogen and oxygen atoms in total. The van der Waals surface area contributed by atoms with Crippen LogP contribution in [0.15, 0.2) is 71.9 Å². The van der Waals surface area contributed by atoms with E-state index in [-0.39, 0.29) is 11.4 Å². The van der Waals surface area contributed by atoms with E-state index in [2.05, 4.69) is 20.3 Å². The fourth-order valence-corrected chi connectivity index (χ4v) is 4.33. The second kappa shape index (κ2) is 10.2. The minimum Gasteiger partial charge on any atom is -0.358 e. The fourth-order valence-electron chi connectivity index (χ4n) is 2.55. The maximum atomic E-state index is 12.5. The Kier molecular flexibility index (Phi) is 7.63. The number of pyridine rings is 1. The minimum atomic E-state index is -3.69. The molecule has 156 valence electrons. The van der Waals surface area contributed by atoms with Gasteiger partial charge in [0.05, 0.1) is 4.90 Å². The maximum Gasteiger partial charge on any atom is 0.240 e. The number of nitrogens with one attached hydrogen (secondary N) is 3. The Hall–Kier alpha value is -2.23. The number of rotatable bonds is 7. The number of thiocarbonyl (C=S) groups is 1. The van der Waals surface area contributed by atoms with Crippen LogP contribution in [0.4, 0.5) is 5.69 Å². The molecule has 0 atom stereocenters. The van der Waals surface area contributed by atoms with Gasteiger partial charge in [0.15, 0.2) is 5.11 Å². The van der Waals surface area contributed by atoms with Crippen LogP contribution in [-0.2, 0) is 23.1 Å². The summed E-state index contributed by atoms with van der Waals surface area (Å²) in [6, 6.07) is 15.0. The molecule has 1 aromatic heterocycles. The van der Waals surface area contributed by atoms with Crippen molar-refractivity contribution in [2.75, 3.05) is 5.32 Å². The lowest BCUT2D eigenvalue weighted by molar-refractivity contribution is 0.581. The smallest absolute Gasteiger partial charge is 0.240 e. The highest BCUT2D eigenvalue weighted by Gasteiger charge is 2.14. The molecule has 3 N–H and O–H groups in total. The monoisotopic (exact) mass is 480 g/mol. The first-order valence-electron chi connectivity index (χ1n) is 8.80. The van der Waals surface area contributed by atoms with E-state index in [0.717, 1.165) is 5.56 Å². The van der Waals surface area contributed by atoms with Crippen molar-refractivity contribution in [2.45, 2.75) is 18.0 Å². The first-order valence-corrected chi connectivity index (χ1v) is 11.4. The molecular weight excluding hydrogens is 463 g/mol. The van der Waals surface area contributed by atoms with Crippen molar-refractivity contribution in [3.8, 4) is 0 Å². The average molecular weight is 481 g/mol. The van der Waals surface area contributed by atoms with Crippen LogP contribution in [0.2, 0.25) is 10.0 Å². The van der Waals surface area contributed by atoms with Crippen LogP contribution in [0.25, 0.3) is 0 Å². The first-order chi connectivity index (χ1) is 14.3. The van der Waals surface area contributed by atoms with E-state index >= 15 is 0 Å². The third kappa shape index (κ3) is 6.65. The van der Waals surface area contributed by atoms with Crippen LogP contribution in [0.5, 0.6) is 0 Å². The zero-order chi connectivity index (χ0) is 21.6. The van der Waals surface area contributed by atoms with Gasteiger partial charge in [-0.2, -0.15) is 0 Å². The molecule has 2 aromatic carbocycles. The summed E-state index contributed by atoms with van der Waals surface area (Å²) in [7, 11) is -3.69. The minimum absolute atomic E-state index is 0.0750. The molecule has 10 heteroatoms. The highest BCUT2D eigenvalue weighted by atomic mass is 35.5. The van der Waals surface area contributed by atoms with Crippen molar-refractivity contribution in [1.82, 2.24) is 15.0 Å². The van der Waals surface area contributed by atoms with Gasteiger partial charge in [-0.15, -0.1) is 0 Å². The van der Waals surface area contributed by atoms with Gasteiger partial charge in [-0.25, -0.2) is 13.1 Å². The van der Waals surface area contributed by atoms with Crippen LogP contribution >= 0.6 is 35.4 Å². The molecule has 0 spiro atoms. The molecule has 0 aliphatic rings. The SMILES string of the molecule is O=S(=O)(NCc1cc(Cl)cc(Cl)c1)c1ccc(NC(=S)NCc2ccncc2)cc1. The third-order valence-electron chi connectivity index (χ3n) is 4.01. The summed E-state index contributed by atoms with van der Waals surface area (Å²) in [5.74, 6) is 0. The number of hydrogen-bond donors (Lipinski definition) is 3. The standard InChI is InChI=1S/C20H18Cl2N4O2S2/c21-16-9-15(10-17(22)11-16)13-25-30(27,28)19-3-1-18(2-4-19)26-20(29)24-12-14-5-7-23-8-6-14/h1-11,25H,12-13H2,(H2,24,26,29). The van der Waals surface area contributed by atoms with Gasteiger partial charge in [0.25, 0.3) is 0 Å². The molecule has 0 fully saturated rings. The van der Waals surface area contributed by atoms with E-state index in [1.165, 1.54) is 12.1 Å². The Labute approximate surface area is 190 Å². The van der Waals surface area contributed by atoms with Gasteiger partial charge in [-0.05, 0) is 77.9 Å². The van der Waals surface area contributed by atoms with E-state index in [9.17, 15) is 8.42 Å². The number of anilines is 1. The third-order valence-corrected chi connectivity index (χ3v) is 6.11. The van der Waals surface area contributed by atoms with Gasteiger partial charge < -0.3 is 10.6 Å². The van der Waals surface area contributed by atoms with Crippen molar-refractivity contribution < 1.29 is 8.42 Å². The number of nitrogens with zero attached hydrogens (tertiary/aromatic N) is 1. The lowest BCUT2D eigenvalue weighted by atomic mass is 10.2. The molecule has 30 heavy (non-hydrogen) atoms. The number of sulfonamides is 1. The molecule has 0 radical (unpaired) electrons. The van der Waals surface area contributed by atoms with E-state index in [4.69, 9.17) is 35.4 Å². The summed E-state index contributed by atoms with van der Waals surface area (Å²) < 4.78 is 27.6. The highest BCUT2D eigenvalue weighted by Crippen LogP contribution is 2.20. The van der Waals surface area contributed by atoms with Crippen molar-refractivity contribution in [2.24, 2.45) is 0 Å². The van der Waals surface area contributed by atoms with Crippen LogP contribution in [0.3, 0.4) is 0 Å². The predicted molar refractivity (Wildman–Crippen MR) is 124 cm³/mol. The summed E-state index contributed by atoms with van der Waals surface area (Å²) in [5, 5.41) is 7.42. The van der Waals surface area contributed by atoms with Gasteiger partial charge in [-0.1, -0.05) is 23.2 Å². The number of hydrogen-bond acceptors (Lipinski definition) is 4. The number of aromatic nitrogens is 1. The Morgan fingerprint density at radius 1 is 0.900 bits per heavy atom. The maximum absolute atomic E-state index is 12.5. The molecule has 0 aliphatic carbocycles. The largest absolute Gasteiger partial charge is 0.358 e. The summed E-state index contributed by atoms with van der Waals surface area (Å²) in [5.41, 5.74) is 2.38.